The Labute approximate surface area is 209 Å². The van der Waals surface area contributed by atoms with E-state index in [0.29, 0.717) is 0 Å². The maximum Gasteiger partial charge on any atom is 0.425 e. The molecule has 0 amide bonds. The lowest BCUT2D eigenvalue weighted by Gasteiger charge is -2.32. The first kappa shape index (κ1) is 27.7. The van der Waals surface area contributed by atoms with Crippen LogP contribution < -0.4 is 4.31 Å². The second-order valence-electron chi connectivity index (χ2n) is 8.79. The fourth-order valence-electron chi connectivity index (χ4n) is 3.70. The minimum atomic E-state index is -5.16. The maximum absolute atomic E-state index is 14.2. The number of hydrogen-bond donors (Lipinski definition) is 1. The number of aliphatic hydroxyl groups is 1. The van der Waals surface area contributed by atoms with Crippen LogP contribution in [-0.2, 0) is 25.5 Å². The van der Waals surface area contributed by atoms with Crippen molar-refractivity contribution in [1.29, 1.82) is 0 Å². The summed E-state index contributed by atoms with van der Waals surface area (Å²) in [7, 11) is -7.66. The number of anilines is 1. The van der Waals surface area contributed by atoms with Crippen LogP contribution in [0.3, 0.4) is 0 Å². The molecule has 1 unspecified atom stereocenters. The number of nitrogens with zero attached hydrogens (tertiary/aromatic N) is 1. The average molecular weight is 542 g/mol. The van der Waals surface area contributed by atoms with E-state index in [4.69, 9.17) is 0 Å². The van der Waals surface area contributed by atoms with Crippen molar-refractivity contribution in [2.75, 3.05) is 17.1 Å². The van der Waals surface area contributed by atoms with Crippen LogP contribution in [0.2, 0.25) is 0 Å². The van der Waals surface area contributed by atoms with Gasteiger partial charge in [-0.3, -0.25) is 4.31 Å². The Kier molecular flexibility index (Phi) is 7.59. The molecule has 3 rings (SSSR count). The van der Waals surface area contributed by atoms with Gasteiger partial charge in [-0.1, -0.05) is 56.3 Å². The molecule has 194 valence electrons. The number of rotatable bonds is 8. The van der Waals surface area contributed by atoms with E-state index in [2.05, 4.69) is 0 Å². The molecule has 1 atom stereocenters. The summed E-state index contributed by atoms with van der Waals surface area (Å²) < 4.78 is 93.6. The third-order valence-electron chi connectivity index (χ3n) is 5.55. The van der Waals surface area contributed by atoms with Crippen LogP contribution in [0.25, 0.3) is 0 Å². The molecule has 0 fully saturated rings. The molecule has 0 saturated carbocycles. The van der Waals surface area contributed by atoms with Gasteiger partial charge < -0.3 is 5.11 Å². The molecular formula is C25H26F3NO5S2. The van der Waals surface area contributed by atoms with Gasteiger partial charge in [-0.2, -0.15) is 13.2 Å². The van der Waals surface area contributed by atoms with Crippen molar-refractivity contribution in [2.24, 2.45) is 5.92 Å². The van der Waals surface area contributed by atoms with Gasteiger partial charge in [-0.25, -0.2) is 16.8 Å². The Hall–Kier alpha value is -2.89. The van der Waals surface area contributed by atoms with Gasteiger partial charge in [-0.15, -0.1) is 0 Å². The van der Waals surface area contributed by atoms with Crippen LogP contribution in [-0.4, -0.2) is 40.9 Å². The largest absolute Gasteiger partial charge is 0.425 e. The fourth-order valence-corrected chi connectivity index (χ4v) is 5.98. The molecule has 0 aliphatic rings. The molecule has 36 heavy (non-hydrogen) atoms. The molecule has 0 saturated heterocycles. The van der Waals surface area contributed by atoms with Gasteiger partial charge in [0.25, 0.3) is 10.0 Å². The number of sulfone groups is 1. The molecule has 3 aromatic carbocycles. The third-order valence-corrected chi connectivity index (χ3v) is 8.48. The van der Waals surface area contributed by atoms with E-state index in [1.165, 1.54) is 24.3 Å². The molecule has 0 bridgehead atoms. The van der Waals surface area contributed by atoms with Crippen molar-refractivity contribution in [3.05, 3.63) is 90.0 Å². The highest BCUT2D eigenvalue weighted by molar-refractivity contribution is 7.92. The number of sulfonamides is 1. The summed E-state index contributed by atoms with van der Waals surface area (Å²) >= 11 is 0. The molecule has 6 nitrogen and oxygen atoms in total. The Morgan fingerprint density at radius 1 is 0.778 bits per heavy atom. The monoisotopic (exact) mass is 541 g/mol. The lowest BCUT2D eigenvalue weighted by Crippen LogP contribution is -2.43. The van der Waals surface area contributed by atoms with Crippen LogP contribution in [0, 0.1) is 5.92 Å². The summed E-state index contributed by atoms with van der Waals surface area (Å²) in [6.07, 6.45) is -4.24. The SMILES string of the molecule is CC(C)CN(c1ccc(C(O)(c2ccc(S(C)(=O)=O)cc2)C(F)(F)F)cc1)S(=O)(=O)c1ccccc1. The summed E-state index contributed by atoms with van der Waals surface area (Å²) in [6, 6.07) is 15.9. The van der Waals surface area contributed by atoms with Crippen LogP contribution in [0.4, 0.5) is 18.9 Å². The zero-order valence-corrected chi connectivity index (χ0v) is 21.4. The predicted molar refractivity (Wildman–Crippen MR) is 131 cm³/mol. The molecule has 0 aromatic heterocycles. The lowest BCUT2D eigenvalue weighted by molar-refractivity contribution is -0.248. The normalized spacial score (nSPS) is 14.4. The van der Waals surface area contributed by atoms with Crippen molar-refractivity contribution in [2.45, 2.75) is 35.4 Å². The molecule has 0 heterocycles. The quantitative estimate of drug-likeness (QED) is 0.445. The van der Waals surface area contributed by atoms with Crippen LogP contribution >= 0.6 is 0 Å². The van der Waals surface area contributed by atoms with Gasteiger partial charge in [0.05, 0.1) is 15.5 Å². The molecule has 11 heteroatoms. The Morgan fingerprint density at radius 2 is 1.25 bits per heavy atom. The minimum Gasteiger partial charge on any atom is -0.372 e. The zero-order chi connectivity index (χ0) is 26.9. The maximum atomic E-state index is 14.2. The van der Waals surface area contributed by atoms with Gasteiger partial charge in [0.2, 0.25) is 5.60 Å². The molecule has 1 N–H and O–H groups in total. The summed E-state index contributed by atoms with van der Waals surface area (Å²) in [6.45, 7) is 3.70. The van der Waals surface area contributed by atoms with E-state index in [1.807, 2.05) is 13.8 Å². The average Bonchev–Trinajstić information content (AvgIpc) is 2.81. The van der Waals surface area contributed by atoms with Crippen molar-refractivity contribution in [3.63, 3.8) is 0 Å². The topological polar surface area (TPSA) is 91.8 Å². The second-order valence-corrected chi connectivity index (χ2v) is 12.7. The molecule has 0 aliphatic heterocycles. The molecule has 0 spiro atoms. The van der Waals surface area contributed by atoms with E-state index in [-0.39, 0.29) is 27.9 Å². The lowest BCUT2D eigenvalue weighted by atomic mass is 9.85. The Bertz CT molecular complexity index is 1410. The second kappa shape index (κ2) is 9.87. The Balaban J connectivity index is 2.09. The van der Waals surface area contributed by atoms with Gasteiger partial charge in [0.15, 0.2) is 9.84 Å². The Morgan fingerprint density at radius 3 is 1.67 bits per heavy atom. The number of halogens is 3. The third kappa shape index (κ3) is 5.42. The van der Waals surface area contributed by atoms with Crippen molar-refractivity contribution in [1.82, 2.24) is 0 Å². The first-order chi connectivity index (χ1) is 16.6. The van der Waals surface area contributed by atoms with E-state index in [9.17, 15) is 35.1 Å². The number of alkyl halides is 3. The van der Waals surface area contributed by atoms with Crippen LogP contribution in [0.1, 0.15) is 25.0 Å². The molecule has 0 radical (unpaired) electrons. The standard InChI is InChI=1S/C25H26F3NO5S2/c1-18(2)17-29(36(33,34)23-7-5-4-6-8-23)21-13-9-19(10-14-21)24(30,25(26,27)28)20-11-15-22(16-12-20)35(3,31)32/h4-16,18,30H,17H2,1-3H3. The smallest absolute Gasteiger partial charge is 0.372 e. The summed E-state index contributed by atoms with van der Waals surface area (Å²) in [5.74, 6) is -0.0939. The number of benzene rings is 3. The van der Waals surface area contributed by atoms with E-state index >= 15 is 0 Å². The summed E-state index contributed by atoms with van der Waals surface area (Å²) in [4.78, 5) is -0.158. The molecule has 0 aliphatic carbocycles. The first-order valence-corrected chi connectivity index (χ1v) is 14.2. The predicted octanol–water partition coefficient (Wildman–Crippen LogP) is 4.74. The highest BCUT2D eigenvalue weighted by atomic mass is 32.2. The van der Waals surface area contributed by atoms with Gasteiger partial charge in [0.1, 0.15) is 0 Å². The fraction of sp³-hybridized carbons (Fsp3) is 0.280. The molecular weight excluding hydrogens is 515 g/mol. The van der Waals surface area contributed by atoms with Crippen molar-refractivity contribution < 1.29 is 35.1 Å². The van der Waals surface area contributed by atoms with Crippen LogP contribution in [0.5, 0.6) is 0 Å². The summed E-state index contributed by atoms with van der Waals surface area (Å²) in [5.41, 5.74) is -4.45. The van der Waals surface area contributed by atoms with E-state index < -0.39 is 42.8 Å². The number of hydrogen-bond acceptors (Lipinski definition) is 5. The minimum absolute atomic E-state index is 0.0347. The first-order valence-electron chi connectivity index (χ1n) is 10.9. The summed E-state index contributed by atoms with van der Waals surface area (Å²) in [5, 5.41) is 10.9. The highest BCUT2D eigenvalue weighted by Gasteiger charge is 2.56. The zero-order valence-electron chi connectivity index (χ0n) is 19.8. The van der Waals surface area contributed by atoms with Crippen molar-refractivity contribution in [3.8, 4) is 0 Å². The van der Waals surface area contributed by atoms with Crippen LogP contribution in [0.15, 0.2) is 88.7 Å². The van der Waals surface area contributed by atoms with E-state index in [1.54, 1.807) is 18.2 Å². The van der Waals surface area contributed by atoms with Gasteiger partial charge >= 0.3 is 6.18 Å². The van der Waals surface area contributed by atoms with Gasteiger partial charge in [0, 0.05) is 12.8 Å². The molecule has 3 aromatic rings. The van der Waals surface area contributed by atoms with Crippen molar-refractivity contribution >= 4 is 25.5 Å². The van der Waals surface area contributed by atoms with Gasteiger partial charge in [-0.05, 0) is 53.4 Å². The van der Waals surface area contributed by atoms with E-state index in [0.717, 1.165) is 47.0 Å². The highest BCUT2D eigenvalue weighted by Crippen LogP contribution is 2.45.